The minimum absolute atomic E-state index is 0.185. The van der Waals surface area contributed by atoms with Crippen molar-refractivity contribution in [2.75, 3.05) is 6.54 Å². The molecule has 1 amide bonds. The second kappa shape index (κ2) is 4.36. The van der Waals surface area contributed by atoms with Gasteiger partial charge in [0.2, 0.25) is 5.91 Å². The lowest BCUT2D eigenvalue weighted by Gasteiger charge is -2.03. The molecule has 0 unspecified atom stereocenters. The summed E-state index contributed by atoms with van der Waals surface area (Å²) in [6, 6.07) is 0. The third-order valence-corrected chi connectivity index (χ3v) is 1.04. The molecule has 0 fully saturated rings. The molecule has 2 nitrogen and oxygen atoms in total. The zero-order chi connectivity index (χ0) is 7.28. The topological polar surface area (TPSA) is 29.1 Å². The quantitative estimate of drug-likeness (QED) is 0.603. The van der Waals surface area contributed by atoms with E-state index in [9.17, 15) is 4.79 Å². The second-order valence-electron chi connectivity index (χ2n) is 2.53. The Morgan fingerprint density at radius 3 is 2.56 bits per heavy atom. The van der Waals surface area contributed by atoms with E-state index in [-0.39, 0.29) is 5.91 Å². The maximum absolute atomic E-state index is 10.2. The molecule has 0 aromatic carbocycles. The van der Waals surface area contributed by atoms with E-state index in [0.29, 0.717) is 5.92 Å². The summed E-state index contributed by atoms with van der Waals surface area (Å²) in [6.45, 7) is 8.18. The first kappa shape index (κ1) is 8.47. The molecule has 2 heteroatoms. The highest BCUT2D eigenvalue weighted by molar-refractivity contribution is 5.79. The second-order valence-corrected chi connectivity index (χ2v) is 2.53. The van der Waals surface area contributed by atoms with Crippen LogP contribution in [-0.2, 0) is 4.79 Å². The van der Waals surface area contributed by atoms with Crippen molar-refractivity contribution in [3.05, 3.63) is 6.92 Å². The molecule has 0 aromatic heterocycles. The molecule has 0 spiro atoms. The van der Waals surface area contributed by atoms with E-state index < -0.39 is 0 Å². The molecule has 0 heterocycles. The van der Waals surface area contributed by atoms with Gasteiger partial charge in [0.15, 0.2) is 0 Å². The van der Waals surface area contributed by atoms with Gasteiger partial charge in [-0.2, -0.15) is 0 Å². The molecule has 1 radical (unpaired) electrons. The first-order chi connectivity index (χ1) is 4.13. The predicted molar refractivity (Wildman–Crippen MR) is 37.8 cm³/mol. The summed E-state index contributed by atoms with van der Waals surface area (Å²) in [6.07, 6.45) is 1.03. The Morgan fingerprint density at radius 1 is 1.67 bits per heavy atom. The van der Waals surface area contributed by atoms with Gasteiger partial charge in [-0.25, -0.2) is 0 Å². The van der Waals surface area contributed by atoms with Crippen molar-refractivity contribution < 1.29 is 4.79 Å². The third-order valence-electron chi connectivity index (χ3n) is 1.04. The summed E-state index contributed by atoms with van der Waals surface area (Å²) in [5.41, 5.74) is 0. The van der Waals surface area contributed by atoms with E-state index >= 15 is 0 Å². The highest BCUT2D eigenvalue weighted by atomic mass is 16.1. The largest absolute Gasteiger partial charge is 0.356 e. The van der Waals surface area contributed by atoms with Gasteiger partial charge >= 0.3 is 0 Å². The number of amides is 1. The van der Waals surface area contributed by atoms with Crippen molar-refractivity contribution in [1.29, 1.82) is 0 Å². The van der Waals surface area contributed by atoms with Crippen LogP contribution in [0.5, 0.6) is 0 Å². The summed E-state index contributed by atoms with van der Waals surface area (Å²) in [5, 5.41) is 2.63. The number of carbonyl (C=O) groups is 1. The fourth-order valence-electron chi connectivity index (χ4n) is 0.500. The number of hydrogen-bond donors (Lipinski definition) is 1. The summed E-state index contributed by atoms with van der Waals surface area (Å²) < 4.78 is 0. The van der Waals surface area contributed by atoms with E-state index in [1.807, 2.05) is 0 Å². The average molecular weight is 128 g/mol. The SMILES string of the molecule is [CH2]C(=O)NCCC(C)C. The van der Waals surface area contributed by atoms with E-state index in [1.165, 1.54) is 0 Å². The lowest BCUT2D eigenvalue weighted by Crippen LogP contribution is -2.22. The first-order valence-corrected chi connectivity index (χ1v) is 3.22. The van der Waals surface area contributed by atoms with Crippen LogP contribution in [0.1, 0.15) is 20.3 Å². The summed E-state index contributed by atoms with van der Waals surface area (Å²) in [5.74, 6) is 0.465. The molecule has 53 valence electrons. The fourth-order valence-corrected chi connectivity index (χ4v) is 0.500. The van der Waals surface area contributed by atoms with Crippen LogP contribution < -0.4 is 5.32 Å². The van der Waals surface area contributed by atoms with Crippen LogP contribution >= 0.6 is 0 Å². The average Bonchev–Trinajstić information content (AvgIpc) is 1.63. The Bertz CT molecular complexity index is 88.9. The molecule has 0 aromatic rings. The van der Waals surface area contributed by atoms with Crippen molar-refractivity contribution >= 4 is 5.91 Å². The zero-order valence-electron chi connectivity index (χ0n) is 6.11. The molecule has 1 N–H and O–H groups in total. The molecule has 0 saturated heterocycles. The minimum Gasteiger partial charge on any atom is -0.356 e. The van der Waals surface area contributed by atoms with Crippen molar-refractivity contribution in [1.82, 2.24) is 5.32 Å². The predicted octanol–water partition coefficient (Wildman–Crippen LogP) is 0.983. The lowest BCUT2D eigenvalue weighted by atomic mass is 10.1. The van der Waals surface area contributed by atoms with Crippen LogP contribution in [-0.4, -0.2) is 12.5 Å². The summed E-state index contributed by atoms with van der Waals surface area (Å²) in [7, 11) is 0. The Labute approximate surface area is 56.6 Å². The van der Waals surface area contributed by atoms with Crippen LogP contribution in [0.25, 0.3) is 0 Å². The lowest BCUT2D eigenvalue weighted by molar-refractivity contribution is -0.116. The number of hydrogen-bond acceptors (Lipinski definition) is 1. The third kappa shape index (κ3) is 7.47. The highest BCUT2D eigenvalue weighted by Gasteiger charge is 1.93. The molecule has 0 saturated carbocycles. The normalized spacial score (nSPS) is 9.78. The standard InChI is InChI=1S/C7H14NO/c1-6(2)4-5-8-7(3)9/h6H,3-5H2,1-2H3,(H,8,9). The van der Waals surface area contributed by atoms with E-state index in [4.69, 9.17) is 0 Å². The maximum Gasteiger partial charge on any atom is 0.220 e. The zero-order valence-corrected chi connectivity index (χ0v) is 6.11. The molecule has 0 atom stereocenters. The van der Waals surface area contributed by atoms with E-state index in [0.717, 1.165) is 13.0 Å². The highest BCUT2D eigenvalue weighted by Crippen LogP contribution is 1.95. The Balaban J connectivity index is 3.01. The number of carbonyl (C=O) groups excluding carboxylic acids is 1. The van der Waals surface area contributed by atoms with Gasteiger partial charge in [-0.3, -0.25) is 4.79 Å². The van der Waals surface area contributed by atoms with Gasteiger partial charge in [-0.15, -0.1) is 0 Å². The molecule has 0 aliphatic heterocycles. The van der Waals surface area contributed by atoms with Crippen LogP contribution in [0.15, 0.2) is 0 Å². The van der Waals surface area contributed by atoms with Gasteiger partial charge in [0.05, 0.1) is 0 Å². The van der Waals surface area contributed by atoms with E-state index in [2.05, 4.69) is 26.1 Å². The first-order valence-electron chi connectivity index (χ1n) is 3.22. The molecule has 9 heavy (non-hydrogen) atoms. The number of nitrogens with one attached hydrogen (secondary N) is 1. The van der Waals surface area contributed by atoms with Gasteiger partial charge in [-0.05, 0) is 12.3 Å². The van der Waals surface area contributed by atoms with Crippen molar-refractivity contribution in [3.8, 4) is 0 Å². The Morgan fingerprint density at radius 2 is 2.22 bits per heavy atom. The van der Waals surface area contributed by atoms with Crippen molar-refractivity contribution in [2.45, 2.75) is 20.3 Å². The smallest absolute Gasteiger partial charge is 0.220 e. The van der Waals surface area contributed by atoms with Crippen LogP contribution in [0, 0.1) is 12.8 Å². The minimum atomic E-state index is -0.185. The van der Waals surface area contributed by atoms with Gasteiger partial charge in [0.25, 0.3) is 0 Å². The molecular formula is C7H14NO. The van der Waals surface area contributed by atoms with Gasteiger partial charge < -0.3 is 5.32 Å². The summed E-state index contributed by atoms with van der Waals surface area (Å²) in [4.78, 5) is 10.2. The fraction of sp³-hybridized carbons (Fsp3) is 0.714. The maximum atomic E-state index is 10.2. The van der Waals surface area contributed by atoms with Crippen molar-refractivity contribution in [3.63, 3.8) is 0 Å². The van der Waals surface area contributed by atoms with Crippen LogP contribution in [0.4, 0.5) is 0 Å². The molecule has 0 rings (SSSR count). The van der Waals surface area contributed by atoms with Gasteiger partial charge in [0, 0.05) is 13.5 Å². The van der Waals surface area contributed by atoms with E-state index in [1.54, 1.807) is 0 Å². The molecule has 0 aliphatic carbocycles. The van der Waals surface area contributed by atoms with Gasteiger partial charge in [0.1, 0.15) is 0 Å². The van der Waals surface area contributed by atoms with Gasteiger partial charge in [-0.1, -0.05) is 13.8 Å². The molecule has 0 bridgehead atoms. The monoisotopic (exact) mass is 128 g/mol. The van der Waals surface area contributed by atoms with Crippen LogP contribution in [0.2, 0.25) is 0 Å². The Kier molecular flexibility index (Phi) is 4.10. The molecule has 0 aliphatic rings. The van der Waals surface area contributed by atoms with Crippen LogP contribution in [0.3, 0.4) is 0 Å². The molecular weight excluding hydrogens is 114 g/mol. The van der Waals surface area contributed by atoms with Crippen molar-refractivity contribution in [2.24, 2.45) is 5.92 Å². The summed E-state index contributed by atoms with van der Waals surface area (Å²) >= 11 is 0. The number of rotatable bonds is 3. The Hall–Kier alpha value is -0.530.